The van der Waals surface area contributed by atoms with E-state index in [-0.39, 0.29) is 10.6 Å². The van der Waals surface area contributed by atoms with E-state index in [1.165, 1.54) is 6.07 Å². The normalized spacial score (nSPS) is 10.2. The molecule has 3 N–H and O–H groups in total. The molecular weight excluding hydrogens is 337 g/mol. The Balaban J connectivity index is 2.16. The number of halogens is 2. The Kier molecular flexibility index (Phi) is 4.66. The number of amides is 2. The highest BCUT2D eigenvalue weighted by atomic mass is 35.5. The Morgan fingerprint density at radius 3 is 2.67 bits per heavy atom. The number of urea groups is 1. The van der Waals surface area contributed by atoms with E-state index in [2.05, 4.69) is 15.0 Å². The highest BCUT2D eigenvalue weighted by Crippen LogP contribution is 2.27. The van der Waals surface area contributed by atoms with Crippen molar-refractivity contribution in [1.82, 2.24) is 4.37 Å². The number of hydrogen-bond acceptors (Lipinski definition) is 4. The lowest BCUT2D eigenvalue weighted by Crippen LogP contribution is -2.20. The average molecular weight is 346 g/mol. The van der Waals surface area contributed by atoms with Crippen LogP contribution in [0.2, 0.25) is 10.0 Å². The molecule has 1 aromatic carbocycles. The summed E-state index contributed by atoms with van der Waals surface area (Å²) in [6, 6.07) is 3.98. The van der Waals surface area contributed by atoms with Gasteiger partial charge in [0.25, 0.3) is 0 Å². The quantitative estimate of drug-likeness (QED) is 0.780. The van der Waals surface area contributed by atoms with Crippen molar-refractivity contribution in [1.29, 1.82) is 0 Å². The van der Waals surface area contributed by atoms with Crippen LogP contribution in [0.25, 0.3) is 0 Å². The molecule has 0 atom stereocenters. The van der Waals surface area contributed by atoms with E-state index in [0.717, 1.165) is 11.5 Å². The van der Waals surface area contributed by atoms with Crippen LogP contribution in [0.5, 0.6) is 0 Å². The fourth-order valence-electron chi connectivity index (χ4n) is 1.56. The summed E-state index contributed by atoms with van der Waals surface area (Å²) in [5, 5.41) is 14.9. The van der Waals surface area contributed by atoms with Crippen LogP contribution in [-0.4, -0.2) is 21.5 Å². The van der Waals surface area contributed by atoms with Gasteiger partial charge in [-0.1, -0.05) is 23.2 Å². The molecule has 1 heterocycles. The van der Waals surface area contributed by atoms with Crippen LogP contribution in [0.4, 0.5) is 15.5 Å². The van der Waals surface area contributed by atoms with Gasteiger partial charge in [0, 0.05) is 5.02 Å². The van der Waals surface area contributed by atoms with Gasteiger partial charge in [-0.2, -0.15) is 4.37 Å². The van der Waals surface area contributed by atoms with Crippen molar-refractivity contribution >= 4 is 57.4 Å². The zero-order chi connectivity index (χ0) is 15.6. The molecule has 0 bridgehead atoms. The maximum atomic E-state index is 11.9. The van der Waals surface area contributed by atoms with E-state index >= 15 is 0 Å². The zero-order valence-electron chi connectivity index (χ0n) is 10.6. The van der Waals surface area contributed by atoms with Crippen LogP contribution in [0.1, 0.15) is 16.1 Å². The second-order valence-electron chi connectivity index (χ2n) is 3.98. The van der Waals surface area contributed by atoms with Crippen molar-refractivity contribution in [2.24, 2.45) is 0 Å². The summed E-state index contributed by atoms with van der Waals surface area (Å²) >= 11 is 12.6. The van der Waals surface area contributed by atoms with E-state index in [9.17, 15) is 9.59 Å². The molecule has 0 fully saturated rings. The Morgan fingerprint density at radius 1 is 1.29 bits per heavy atom. The number of nitrogens with one attached hydrogen (secondary N) is 2. The standard InChI is InChI=1S/C12H9Cl2N3O3S/c1-5-9(11(18)19)10(21-17-5)16-12(20)15-8-4-6(13)2-3-7(8)14/h2-4H,1H3,(H,18,19)(H2,15,16,20). The first kappa shape index (κ1) is 15.6. The van der Waals surface area contributed by atoms with Crippen molar-refractivity contribution in [2.45, 2.75) is 6.92 Å². The Morgan fingerprint density at radius 2 is 2.00 bits per heavy atom. The molecule has 2 aromatic rings. The second-order valence-corrected chi connectivity index (χ2v) is 5.60. The van der Waals surface area contributed by atoms with E-state index < -0.39 is 12.0 Å². The molecule has 6 nitrogen and oxygen atoms in total. The Hall–Kier alpha value is -1.83. The number of benzene rings is 1. The zero-order valence-corrected chi connectivity index (χ0v) is 12.9. The first-order chi connectivity index (χ1) is 9.88. The summed E-state index contributed by atoms with van der Waals surface area (Å²) in [6.45, 7) is 1.55. The number of carbonyl (C=O) groups excluding carboxylic acids is 1. The van der Waals surface area contributed by atoms with Crippen LogP contribution >= 0.6 is 34.7 Å². The van der Waals surface area contributed by atoms with Crippen molar-refractivity contribution in [3.63, 3.8) is 0 Å². The van der Waals surface area contributed by atoms with Gasteiger partial charge in [-0.25, -0.2) is 9.59 Å². The summed E-state index contributed by atoms with van der Waals surface area (Å²) in [5.41, 5.74) is 0.621. The monoisotopic (exact) mass is 345 g/mol. The minimum atomic E-state index is -1.16. The van der Waals surface area contributed by atoms with Gasteiger partial charge in [0.1, 0.15) is 10.6 Å². The number of carboxylic acids is 1. The van der Waals surface area contributed by atoms with Crippen LogP contribution < -0.4 is 10.6 Å². The lowest BCUT2D eigenvalue weighted by atomic mass is 10.2. The number of rotatable bonds is 3. The van der Waals surface area contributed by atoms with Crippen LogP contribution in [0.3, 0.4) is 0 Å². The predicted molar refractivity (Wildman–Crippen MR) is 82.9 cm³/mol. The third-order valence-electron chi connectivity index (χ3n) is 2.48. The van der Waals surface area contributed by atoms with Crippen LogP contribution in [0, 0.1) is 6.92 Å². The molecule has 0 radical (unpaired) electrons. The van der Waals surface area contributed by atoms with E-state index in [1.54, 1.807) is 19.1 Å². The molecule has 2 rings (SSSR count). The molecule has 0 spiro atoms. The molecule has 110 valence electrons. The number of aryl methyl sites for hydroxylation is 1. The van der Waals surface area contributed by atoms with Crippen LogP contribution in [0.15, 0.2) is 18.2 Å². The summed E-state index contributed by atoms with van der Waals surface area (Å²) in [7, 11) is 0. The van der Waals surface area contributed by atoms with E-state index in [1.807, 2.05) is 0 Å². The summed E-state index contributed by atoms with van der Waals surface area (Å²) in [4.78, 5) is 23.0. The maximum absolute atomic E-state index is 11.9. The maximum Gasteiger partial charge on any atom is 0.340 e. The molecule has 0 saturated carbocycles. The molecule has 0 aliphatic heterocycles. The Bertz CT molecular complexity index is 718. The van der Waals surface area contributed by atoms with E-state index in [0.29, 0.717) is 21.4 Å². The smallest absolute Gasteiger partial charge is 0.340 e. The lowest BCUT2D eigenvalue weighted by molar-refractivity contribution is 0.0697. The number of carbonyl (C=O) groups is 2. The second kappa shape index (κ2) is 6.30. The van der Waals surface area contributed by atoms with Gasteiger partial charge >= 0.3 is 12.0 Å². The van der Waals surface area contributed by atoms with Gasteiger partial charge < -0.3 is 10.4 Å². The number of carboxylic acid groups (broad SMARTS) is 1. The van der Waals surface area contributed by atoms with Crippen molar-refractivity contribution in [2.75, 3.05) is 10.6 Å². The molecule has 2 amide bonds. The van der Waals surface area contributed by atoms with Crippen molar-refractivity contribution in [3.05, 3.63) is 39.5 Å². The topological polar surface area (TPSA) is 91.3 Å². The SMILES string of the molecule is Cc1nsc(NC(=O)Nc2cc(Cl)ccc2Cl)c1C(=O)O. The molecule has 0 unspecified atom stereocenters. The summed E-state index contributed by atoms with van der Waals surface area (Å²) in [5.74, 6) is -1.16. The predicted octanol–water partition coefficient (Wildman–Crippen LogP) is 4.10. The van der Waals surface area contributed by atoms with Crippen molar-refractivity contribution in [3.8, 4) is 0 Å². The molecule has 21 heavy (non-hydrogen) atoms. The largest absolute Gasteiger partial charge is 0.478 e. The molecule has 1 aromatic heterocycles. The number of anilines is 2. The molecule has 0 saturated heterocycles. The number of aromatic nitrogens is 1. The third-order valence-corrected chi connectivity index (χ3v) is 3.90. The van der Waals surface area contributed by atoms with Gasteiger partial charge in [0.15, 0.2) is 0 Å². The van der Waals surface area contributed by atoms with Gasteiger partial charge in [-0.15, -0.1) is 0 Å². The van der Waals surface area contributed by atoms with E-state index in [4.69, 9.17) is 28.3 Å². The highest BCUT2D eigenvalue weighted by Gasteiger charge is 2.19. The molecular formula is C12H9Cl2N3O3S. The number of hydrogen-bond donors (Lipinski definition) is 3. The van der Waals surface area contributed by atoms with Gasteiger partial charge in [-0.05, 0) is 36.7 Å². The first-order valence-electron chi connectivity index (χ1n) is 5.61. The lowest BCUT2D eigenvalue weighted by Gasteiger charge is -2.08. The summed E-state index contributed by atoms with van der Waals surface area (Å²) < 4.78 is 3.90. The minimum Gasteiger partial charge on any atom is -0.478 e. The fourth-order valence-corrected chi connectivity index (χ4v) is 2.68. The average Bonchev–Trinajstić information content (AvgIpc) is 2.75. The molecule has 0 aliphatic carbocycles. The number of aromatic carboxylic acids is 1. The minimum absolute atomic E-state index is 0.0349. The number of nitrogens with zero attached hydrogens (tertiary/aromatic N) is 1. The van der Waals surface area contributed by atoms with Gasteiger partial charge in [0.2, 0.25) is 0 Å². The van der Waals surface area contributed by atoms with Gasteiger partial charge in [0.05, 0.1) is 16.4 Å². The van der Waals surface area contributed by atoms with Crippen LogP contribution in [-0.2, 0) is 0 Å². The van der Waals surface area contributed by atoms with Crippen molar-refractivity contribution < 1.29 is 14.7 Å². The molecule has 9 heteroatoms. The third kappa shape index (κ3) is 3.63. The fraction of sp³-hybridized carbons (Fsp3) is 0.0833. The highest BCUT2D eigenvalue weighted by molar-refractivity contribution is 7.11. The Labute approximate surface area is 133 Å². The molecule has 0 aliphatic rings. The van der Waals surface area contributed by atoms with Gasteiger partial charge in [-0.3, -0.25) is 5.32 Å². The summed E-state index contributed by atoms with van der Waals surface area (Å²) in [6.07, 6.45) is 0. The first-order valence-corrected chi connectivity index (χ1v) is 7.14.